The number of Topliss-reactive ketones (excluding diaryl/α,β-unsaturated/α-hetero) is 1. The molecule has 2 aromatic rings. The zero-order valence-electron chi connectivity index (χ0n) is 14.7. The lowest BCUT2D eigenvalue weighted by Crippen LogP contribution is -2.24. The summed E-state index contributed by atoms with van der Waals surface area (Å²) in [6, 6.07) is 10.8. The number of sulfone groups is 1. The van der Waals surface area contributed by atoms with Crippen LogP contribution in [0.5, 0.6) is 0 Å². The van der Waals surface area contributed by atoms with E-state index in [1.54, 1.807) is 12.1 Å². The summed E-state index contributed by atoms with van der Waals surface area (Å²) in [5, 5.41) is 0.0503. The number of carbonyl (C=O) groups is 2. The summed E-state index contributed by atoms with van der Waals surface area (Å²) in [7, 11) is -3.50. The highest BCUT2D eigenvalue weighted by atomic mass is 35.5. The van der Waals surface area contributed by atoms with Gasteiger partial charge in [0.2, 0.25) is 5.78 Å². The molecule has 2 aromatic carbocycles. The van der Waals surface area contributed by atoms with Crippen LogP contribution in [0.2, 0.25) is 5.02 Å². The molecule has 0 heterocycles. The van der Waals surface area contributed by atoms with Gasteiger partial charge in [-0.2, -0.15) is 0 Å². The third kappa shape index (κ3) is 4.71. The smallest absolute Gasteiger partial charge is 0.340 e. The largest absolute Gasteiger partial charge is 0.451 e. The normalized spacial score (nSPS) is 12.5. The van der Waals surface area contributed by atoms with E-state index in [1.165, 1.54) is 19.1 Å². The molecule has 0 aliphatic heterocycles. The number of carbonyl (C=O) groups excluding carboxylic acids is 2. The van der Waals surface area contributed by atoms with Gasteiger partial charge in [-0.15, -0.1) is 0 Å². The van der Waals surface area contributed by atoms with E-state index in [1.807, 2.05) is 19.1 Å². The van der Waals surface area contributed by atoms with Gasteiger partial charge in [0.05, 0.1) is 15.5 Å². The van der Waals surface area contributed by atoms with Crippen molar-refractivity contribution in [2.75, 3.05) is 6.26 Å². The molecule has 0 radical (unpaired) electrons. The van der Waals surface area contributed by atoms with Crippen LogP contribution in [0.15, 0.2) is 47.4 Å². The zero-order chi connectivity index (χ0) is 19.5. The van der Waals surface area contributed by atoms with Crippen LogP contribution < -0.4 is 0 Å². The summed E-state index contributed by atoms with van der Waals surface area (Å²) < 4.78 is 28.5. The van der Waals surface area contributed by atoms with Crippen LogP contribution in [0.25, 0.3) is 0 Å². The van der Waals surface area contributed by atoms with Crippen molar-refractivity contribution < 1.29 is 22.7 Å². The molecule has 2 rings (SSSR count). The molecule has 0 aromatic heterocycles. The van der Waals surface area contributed by atoms with Crippen molar-refractivity contribution in [1.29, 1.82) is 0 Å². The Hall–Kier alpha value is -2.18. The number of ether oxygens (including phenoxy) is 1. The first-order valence-electron chi connectivity index (χ1n) is 7.97. The Kier molecular flexibility index (Phi) is 6.21. The fourth-order valence-electron chi connectivity index (χ4n) is 2.31. The second-order valence-electron chi connectivity index (χ2n) is 5.88. The number of halogens is 1. The molecule has 7 heteroatoms. The second kappa shape index (κ2) is 8.01. The van der Waals surface area contributed by atoms with Gasteiger partial charge in [0.25, 0.3) is 0 Å². The number of rotatable bonds is 6. The van der Waals surface area contributed by atoms with Gasteiger partial charge >= 0.3 is 5.97 Å². The quantitative estimate of drug-likeness (QED) is 0.551. The SMILES string of the molecule is CCc1ccc(C(=O)[C@@H](C)OC(=O)c2cc(S(C)(=O)=O)ccc2Cl)cc1. The Morgan fingerprint density at radius 1 is 1.12 bits per heavy atom. The Labute approximate surface area is 157 Å². The zero-order valence-corrected chi connectivity index (χ0v) is 16.2. The molecule has 5 nitrogen and oxygen atoms in total. The summed E-state index contributed by atoms with van der Waals surface area (Å²) in [4.78, 5) is 24.7. The van der Waals surface area contributed by atoms with Crippen molar-refractivity contribution in [3.05, 3.63) is 64.2 Å². The molecule has 26 heavy (non-hydrogen) atoms. The number of ketones is 1. The predicted molar refractivity (Wildman–Crippen MR) is 99.6 cm³/mol. The molecule has 0 aliphatic rings. The first kappa shape index (κ1) is 20.1. The number of aryl methyl sites for hydroxylation is 1. The number of hydrogen-bond acceptors (Lipinski definition) is 5. The van der Waals surface area contributed by atoms with Crippen molar-refractivity contribution in [2.24, 2.45) is 0 Å². The maximum atomic E-state index is 12.4. The molecule has 0 spiro atoms. The molecule has 0 N–H and O–H groups in total. The Morgan fingerprint density at radius 2 is 1.73 bits per heavy atom. The van der Waals surface area contributed by atoms with Crippen molar-refractivity contribution in [3.8, 4) is 0 Å². The van der Waals surface area contributed by atoms with Crippen molar-refractivity contribution in [2.45, 2.75) is 31.3 Å². The average Bonchev–Trinajstić information content (AvgIpc) is 2.60. The Bertz CT molecular complexity index is 933. The Balaban J connectivity index is 2.19. The van der Waals surface area contributed by atoms with E-state index in [2.05, 4.69) is 0 Å². The van der Waals surface area contributed by atoms with Crippen LogP contribution in [-0.2, 0) is 21.0 Å². The summed E-state index contributed by atoms with van der Waals surface area (Å²) in [5.74, 6) is -1.21. The van der Waals surface area contributed by atoms with Crippen LogP contribution in [0.3, 0.4) is 0 Å². The van der Waals surface area contributed by atoms with E-state index in [4.69, 9.17) is 16.3 Å². The van der Waals surface area contributed by atoms with Crippen molar-refractivity contribution in [1.82, 2.24) is 0 Å². The summed E-state index contributed by atoms with van der Waals surface area (Å²) in [6.45, 7) is 3.47. The van der Waals surface area contributed by atoms with Gasteiger partial charge in [0.1, 0.15) is 0 Å². The molecule has 0 bridgehead atoms. The fourth-order valence-corrected chi connectivity index (χ4v) is 3.15. The van der Waals surface area contributed by atoms with E-state index in [0.29, 0.717) is 5.56 Å². The third-order valence-electron chi connectivity index (χ3n) is 3.89. The first-order chi connectivity index (χ1) is 12.1. The second-order valence-corrected chi connectivity index (χ2v) is 8.30. The first-order valence-corrected chi connectivity index (χ1v) is 10.2. The fraction of sp³-hybridized carbons (Fsp3) is 0.263. The minimum atomic E-state index is -3.50. The van der Waals surface area contributed by atoms with Crippen molar-refractivity contribution >= 4 is 33.2 Å². The van der Waals surface area contributed by atoms with E-state index in [0.717, 1.165) is 24.3 Å². The van der Waals surface area contributed by atoms with Gasteiger partial charge in [-0.05, 0) is 37.1 Å². The highest BCUT2D eigenvalue weighted by molar-refractivity contribution is 7.90. The number of esters is 1. The minimum absolute atomic E-state index is 0.0503. The summed E-state index contributed by atoms with van der Waals surface area (Å²) >= 11 is 5.97. The van der Waals surface area contributed by atoms with Gasteiger partial charge in [0, 0.05) is 11.8 Å². The average molecular weight is 395 g/mol. The van der Waals surface area contributed by atoms with Crippen LogP contribution >= 0.6 is 11.6 Å². The van der Waals surface area contributed by atoms with Crippen molar-refractivity contribution in [3.63, 3.8) is 0 Å². The predicted octanol–water partition coefficient (Wildman–Crippen LogP) is 3.73. The van der Waals surface area contributed by atoms with Crippen LogP contribution in [-0.4, -0.2) is 32.5 Å². The molecule has 0 saturated heterocycles. The van der Waals surface area contributed by atoms with Gasteiger partial charge in [-0.1, -0.05) is 42.8 Å². The standard InChI is InChI=1S/C19H19ClO5S/c1-4-13-5-7-14(8-6-13)18(21)12(2)25-19(22)16-11-15(26(3,23)24)9-10-17(16)20/h5-12H,4H2,1-3H3/t12-/m1/s1. The lowest BCUT2D eigenvalue weighted by Gasteiger charge is -2.14. The van der Waals surface area contributed by atoms with Crippen LogP contribution in [0.4, 0.5) is 0 Å². The molecular weight excluding hydrogens is 376 g/mol. The topological polar surface area (TPSA) is 77.5 Å². The van der Waals surface area contributed by atoms with E-state index in [9.17, 15) is 18.0 Å². The third-order valence-corrected chi connectivity index (χ3v) is 5.33. The highest BCUT2D eigenvalue weighted by Crippen LogP contribution is 2.22. The summed E-state index contributed by atoms with van der Waals surface area (Å²) in [6.07, 6.45) is 0.846. The van der Waals surface area contributed by atoms with Gasteiger partial charge in [-0.3, -0.25) is 4.79 Å². The van der Waals surface area contributed by atoms with Gasteiger partial charge in [0.15, 0.2) is 15.9 Å². The van der Waals surface area contributed by atoms with Gasteiger partial charge < -0.3 is 4.74 Å². The number of hydrogen-bond donors (Lipinski definition) is 0. The highest BCUT2D eigenvalue weighted by Gasteiger charge is 2.23. The molecule has 138 valence electrons. The molecule has 0 saturated carbocycles. The molecule has 0 amide bonds. The maximum absolute atomic E-state index is 12.4. The van der Waals surface area contributed by atoms with Gasteiger partial charge in [-0.25, -0.2) is 13.2 Å². The van der Waals surface area contributed by atoms with E-state index in [-0.39, 0.29) is 21.3 Å². The van der Waals surface area contributed by atoms with E-state index >= 15 is 0 Å². The van der Waals surface area contributed by atoms with Crippen LogP contribution in [0.1, 0.15) is 40.1 Å². The lowest BCUT2D eigenvalue weighted by molar-refractivity contribution is 0.0318. The lowest BCUT2D eigenvalue weighted by atomic mass is 10.0. The Morgan fingerprint density at radius 3 is 2.27 bits per heavy atom. The monoisotopic (exact) mass is 394 g/mol. The van der Waals surface area contributed by atoms with E-state index < -0.39 is 21.9 Å². The maximum Gasteiger partial charge on any atom is 0.340 e. The molecule has 1 atom stereocenters. The summed E-state index contributed by atoms with van der Waals surface area (Å²) in [5.41, 5.74) is 1.42. The number of benzene rings is 2. The molecular formula is C19H19ClO5S. The minimum Gasteiger partial charge on any atom is -0.451 e. The molecule has 0 aliphatic carbocycles. The molecule has 0 unspecified atom stereocenters. The van der Waals surface area contributed by atoms with Crippen LogP contribution in [0, 0.1) is 0 Å². The molecule has 0 fully saturated rings.